The number of ether oxygens (including phenoxy) is 2. The first-order chi connectivity index (χ1) is 11.8. The Morgan fingerprint density at radius 1 is 1.21 bits per heavy atom. The zero-order valence-electron chi connectivity index (χ0n) is 14.1. The van der Waals surface area contributed by atoms with Crippen molar-refractivity contribution >= 4 is 5.88 Å². The molecule has 132 valence electrons. The fourth-order valence-electron chi connectivity index (χ4n) is 4.20. The zero-order chi connectivity index (χ0) is 16.4. The van der Waals surface area contributed by atoms with E-state index in [0.29, 0.717) is 11.8 Å². The molecule has 1 aliphatic carbocycles. The van der Waals surface area contributed by atoms with E-state index < -0.39 is 0 Å². The quantitative estimate of drug-likeness (QED) is 0.913. The average Bonchev–Trinajstić information content (AvgIpc) is 3.25. The first-order valence-electron chi connectivity index (χ1n) is 9.16. The summed E-state index contributed by atoms with van der Waals surface area (Å²) in [6, 6.07) is 0. The van der Waals surface area contributed by atoms with Gasteiger partial charge in [-0.3, -0.25) is 4.98 Å². The van der Waals surface area contributed by atoms with Crippen LogP contribution < -0.4 is 5.69 Å². The van der Waals surface area contributed by atoms with Crippen LogP contribution in [0.15, 0.2) is 11.1 Å². The molecule has 7 nitrogen and oxygen atoms in total. The smallest absolute Gasteiger partial charge is 0.350 e. The summed E-state index contributed by atoms with van der Waals surface area (Å²) in [6.07, 6.45) is 10.6. The normalized spacial score (nSPS) is 26.0. The van der Waals surface area contributed by atoms with Gasteiger partial charge >= 0.3 is 5.69 Å². The van der Waals surface area contributed by atoms with Crippen LogP contribution in [0.5, 0.6) is 0 Å². The van der Waals surface area contributed by atoms with Gasteiger partial charge in [-0.05, 0) is 38.1 Å². The molecule has 1 saturated heterocycles. The van der Waals surface area contributed by atoms with Crippen molar-refractivity contribution in [3.8, 4) is 0 Å². The molecule has 0 aromatic carbocycles. The number of hydrogen-bond donors (Lipinski definition) is 1. The third-order valence-corrected chi connectivity index (χ3v) is 5.44. The van der Waals surface area contributed by atoms with E-state index in [4.69, 9.17) is 9.47 Å². The number of rotatable bonds is 4. The number of likely N-dealkylation sites (tertiary alicyclic amines) is 1. The molecular formula is C17H26N4O3. The Labute approximate surface area is 141 Å². The van der Waals surface area contributed by atoms with E-state index in [1.807, 2.05) is 0 Å². The summed E-state index contributed by atoms with van der Waals surface area (Å²) >= 11 is 0. The number of nitrogens with one attached hydrogen (secondary N) is 1. The number of piperidine rings is 1. The molecule has 1 aromatic rings. The maximum atomic E-state index is 12.1. The summed E-state index contributed by atoms with van der Waals surface area (Å²) in [5.41, 5.74) is -0.258. The van der Waals surface area contributed by atoms with Gasteiger partial charge in [0.15, 0.2) is 0 Å². The van der Waals surface area contributed by atoms with Crippen molar-refractivity contribution in [3.05, 3.63) is 22.6 Å². The Balaban J connectivity index is 1.42. The highest BCUT2D eigenvalue weighted by Crippen LogP contribution is 2.29. The van der Waals surface area contributed by atoms with E-state index in [1.165, 1.54) is 56.1 Å². The SMILES string of the molecule is O=c1[nH]c(C2CCCN(CC3CCCCC3)C2)nn1C1=COCO1. The van der Waals surface area contributed by atoms with Crippen molar-refractivity contribution in [2.24, 2.45) is 5.92 Å². The molecule has 1 aromatic heterocycles. The van der Waals surface area contributed by atoms with Gasteiger partial charge < -0.3 is 14.4 Å². The van der Waals surface area contributed by atoms with Gasteiger partial charge in [-0.2, -0.15) is 0 Å². The van der Waals surface area contributed by atoms with Crippen LogP contribution in [0.1, 0.15) is 56.7 Å². The lowest BCUT2D eigenvalue weighted by atomic mass is 9.88. The molecular weight excluding hydrogens is 308 g/mol. The molecule has 24 heavy (non-hydrogen) atoms. The standard InChI is InChI=1S/C17H26N4O3/c22-17-18-16(19-21(17)15-11-23-12-24-15)14-7-4-8-20(10-14)9-13-5-2-1-3-6-13/h11,13-14H,1-10,12H2,(H,18,19,22). The molecule has 1 saturated carbocycles. The van der Waals surface area contributed by atoms with Crippen molar-refractivity contribution in [3.63, 3.8) is 0 Å². The minimum atomic E-state index is -0.258. The fraction of sp³-hybridized carbons (Fsp3) is 0.765. The monoisotopic (exact) mass is 334 g/mol. The van der Waals surface area contributed by atoms with Gasteiger partial charge in [0.1, 0.15) is 12.1 Å². The Kier molecular flexibility index (Phi) is 4.60. The van der Waals surface area contributed by atoms with Crippen LogP contribution in [0.25, 0.3) is 5.88 Å². The number of H-pyrrole nitrogens is 1. The van der Waals surface area contributed by atoms with Gasteiger partial charge in [0.2, 0.25) is 6.79 Å². The molecule has 0 amide bonds. The van der Waals surface area contributed by atoms with Crippen LogP contribution in [0.3, 0.4) is 0 Å². The highest BCUT2D eigenvalue weighted by atomic mass is 16.7. The minimum absolute atomic E-state index is 0.141. The highest BCUT2D eigenvalue weighted by molar-refractivity contribution is 5.33. The molecule has 3 heterocycles. The summed E-state index contributed by atoms with van der Waals surface area (Å²) in [5, 5.41) is 4.45. The zero-order valence-corrected chi connectivity index (χ0v) is 14.1. The van der Waals surface area contributed by atoms with Gasteiger partial charge in [0.25, 0.3) is 5.88 Å². The van der Waals surface area contributed by atoms with Crippen molar-refractivity contribution in [1.29, 1.82) is 0 Å². The van der Waals surface area contributed by atoms with Gasteiger partial charge in [0, 0.05) is 19.0 Å². The predicted molar refractivity (Wildman–Crippen MR) is 89.1 cm³/mol. The maximum Gasteiger partial charge on any atom is 0.350 e. The molecule has 0 spiro atoms. The van der Waals surface area contributed by atoms with Gasteiger partial charge in [-0.15, -0.1) is 9.78 Å². The Morgan fingerprint density at radius 3 is 2.88 bits per heavy atom. The van der Waals surface area contributed by atoms with Gasteiger partial charge in [-0.25, -0.2) is 4.79 Å². The van der Waals surface area contributed by atoms with Crippen LogP contribution in [0.2, 0.25) is 0 Å². The van der Waals surface area contributed by atoms with E-state index in [1.54, 1.807) is 0 Å². The number of nitrogens with zero attached hydrogens (tertiary/aromatic N) is 3. The average molecular weight is 334 g/mol. The summed E-state index contributed by atoms with van der Waals surface area (Å²) in [5.74, 6) is 2.27. The second kappa shape index (κ2) is 7.01. The van der Waals surface area contributed by atoms with E-state index in [9.17, 15) is 4.79 Å². The first kappa shape index (κ1) is 15.7. The molecule has 7 heteroatoms. The Bertz CT molecular complexity index is 645. The second-order valence-corrected chi connectivity index (χ2v) is 7.21. The fourth-order valence-corrected chi connectivity index (χ4v) is 4.20. The number of aromatic nitrogens is 3. The largest absolute Gasteiger partial charge is 0.459 e. The van der Waals surface area contributed by atoms with Crippen molar-refractivity contribution in [1.82, 2.24) is 19.7 Å². The Hall–Kier alpha value is -1.76. The maximum absolute atomic E-state index is 12.1. The molecule has 2 fully saturated rings. The lowest BCUT2D eigenvalue weighted by Crippen LogP contribution is -2.38. The topological polar surface area (TPSA) is 72.4 Å². The van der Waals surface area contributed by atoms with Crippen molar-refractivity contribution in [2.75, 3.05) is 26.4 Å². The lowest BCUT2D eigenvalue weighted by Gasteiger charge is -2.35. The second-order valence-electron chi connectivity index (χ2n) is 7.21. The van der Waals surface area contributed by atoms with Crippen LogP contribution in [-0.2, 0) is 9.47 Å². The third kappa shape index (κ3) is 3.36. The molecule has 1 unspecified atom stereocenters. The summed E-state index contributed by atoms with van der Waals surface area (Å²) in [7, 11) is 0. The van der Waals surface area contributed by atoms with E-state index in [0.717, 1.165) is 31.1 Å². The first-order valence-corrected chi connectivity index (χ1v) is 9.16. The minimum Gasteiger partial charge on any atom is -0.459 e. The molecule has 0 radical (unpaired) electrons. The molecule has 1 N–H and O–H groups in total. The lowest BCUT2D eigenvalue weighted by molar-refractivity contribution is 0.0947. The molecule has 4 rings (SSSR count). The summed E-state index contributed by atoms with van der Waals surface area (Å²) in [6.45, 7) is 3.49. The van der Waals surface area contributed by atoms with Crippen LogP contribution >= 0.6 is 0 Å². The van der Waals surface area contributed by atoms with E-state index in [2.05, 4.69) is 15.0 Å². The molecule has 3 aliphatic rings. The van der Waals surface area contributed by atoms with Gasteiger partial charge in [-0.1, -0.05) is 19.3 Å². The number of aromatic amines is 1. The highest BCUT2D eigenvalue weighted by Gasteiger charge is 2.27. The summed E-state index contributed by atoms with van der Waals surface area (Å²) in [4.78, 5) is 17.6. The Morgan fingerprint density at radius 2 is 2.08 bits per heavy atom. The van der Waals surface area contributed by atoms with E-state index >= 15 is 0 Å². The van der Waals surface area contributed by atoms with Crippen molar-refractivity contribution < 1.29 is 9.47 Å². The van der Waals surface area contributed by atoms with E-state index in [-0.39, 0.29) is 12.5 Å². The molecule has 1 atom stereocenters. The van der Waals surface area contributed by atoms with Crippen LogP contribution in [-0.4, -0.2) is 46.1 Å². The van der Waals surface area contributed by atoms with Gasteiger partial charge in [0.05, 0.1) is 0 Å². The molecule has 0 bridgehead atoms. The molecule has 2 aliphatic heterocycles. The van der Waals surface area contributed by atoms with Crippen LogP contribution in [0, 0.1) is 5.92 Å². The predicted octanol–water partition coefficient (Wildman–Crippen LogP) is 2.09. The van der Waals surface area contributed by atoms with Crippen LogP contribution in [0.4, 0.5) is 0 Å². The third-order valence-electron chi connectivity index (χ3n) is 5.44. The number of hydrogen-bond acceptors (Lipinski definition) is 5. The summed E-state index contributed by atoms with van der Waals surface area (Å²) < 4.78 is 11.5. The van der Waals surface area contributed by atoms with Crippen molar-refractivity contribution in [2.45, 2.75) is 50.9 Å².